The van der Waals surface area contributed by atoms with Crippen LogP contribution in [0, 0.1) is 16.0 Å². The van der Waals surface area contributed by atoms with Gasteiger partial charge in [0.05, 0.1) is 4.92 Å². The summed E-state index contributed by atoms with van der Waals surface area (Å²) in [5, 5.41) is 10.5. The number of hydrogen-bond acceptors (Lipinski definition) is 4. The van der Waals surface area contributed by atoms with Crippen LogP contribution in [0.15, 0.2) is 24.3 Å². The highest BCUT2D eigenvalue weighted by atomic mass is 16.6. The van der Waals surface area contributed by atoms with E-state index in [1.807, 2.05) is 6.92 Å². The van der Waals surface area contributed by atoms with Gasteiger partial charge in [-0.05, 0) is 18.1 Å². The van der Waals surface area contributed by atoms with Crippen molar-refractivity contribution in [2.24, 2.45) is 11.7 Å². The first kappa shape index (κ1) is 12.5. The summed E-state index contributed by atoms with van der Waals surface area (Å²) in [5.41, 5.74) is 6.31. The zero-order valence-electron chi connectivity index (χ0n) is 10.1. The van der Waals surface area contributed by atoms with E-state index in [1.165, 1.54) is 24.3 Å². The third-order valence-corrected chi connectivity index (χ3v) is 3.28. The van der Waals surface area contributed by atoms with E-state index in [2.05, 4.69) is 0 Å². The van der Waals surface area contributed by atoms with E-state index in [9.17, 15) is 14.9 Å². The van der Waals surface area contributed by atoms with Crippen molar-refractivity contribution in [1.29, 1.82) is 0 Å². The van der Waals surface area contributed by atoms with Crippen LogP contribution in [0.1, 0.15) is 17.3 Å². The summed E-state index contributed by atoms with van der Waals surface area (Å²) < 4.78 is 0. The summed E-state index contributed by atoms with van der Waals surface area (Å²) in [6.07, 6.45) is 0. The zero-order valence-corrected chi connectivity index (χ0v) is 10.1. The van der Waals surface area contributed by atoms with Crippen LogP contribution in [0.2, 0.25) is 0 Å². The molecule has 0 spiro atoms. The standard InChI is InChI=1S/C12H15N3O3/c1-8-6-14(7-11(8)13)12(16)9-2-4-10(5-3-9)15(17)18/h2-5,8,11H,6-7,13H2,1H3. The van der Waals surface area contributed by atoms with Crippen molar-refractivity contribution >= 4 is 11.6 Å². The molecule has 2 N–H and O–H groups in total. The molecule has 0 saturated carbocycles. The van der Waals surface area contributed by atoms with Gasteiger partial charge in [-0.2, -0.15) is 0 Å². The molecule has 2 rings (SSSR count). The van der Waals surface area contributed by atoms with Crippen LogP contribution in [0.4, 0.5) is 5.69 Å². The fraction of sp³-hybridized carbons (Fsp3) is 0.417. The van der Waals surface area contributed by atoms with E-state index in [-0.39, 0.29) is 23.6 Å². The first-order chi connectivity index (χ1) is 8.49. The van der Waals surface area contributed by atoms with Crippen molar-refractivity contribution < 1.29 is 9.72 Å². The molecule has 6 heteroatoms. The van der Waals surface area contributed by atoms with E-state index >= 15 is 0 Å². The topological polar surface area (TPSA) is 89.5 Å². The summed E-state index contributed by atoms with van der Waals surface area (Å²) in [6.45, 7) is 3.18. The van der Waals surface area contributed by atoms with Crippen LogP contribution >= 0.6 is 0 Å². The second-order valence-corrected chi connectivity index (χ2v) is 4.66. The number of nitrogens with zero attached hydrogens (tertiary/aromatic N) is 2. The summed E-state index contributed by atoms with van der Waals surface area (Å²) in [5.74, 6) is 0.164. The number of carbonyl (C=O) groups is 1. The van der Waals surface area contributed by atoms with Crippen LogP contribution in [0.25, 0.3) is 0 Å². The zero-order chi connectivity index (χ0) is 13.3. The number of benzene rings is 1. The SMILES string of the molecule is CC1CN(C(=O)c2ccc([N+](=O)[O-])cc2)CC1N. The average Bonchev–Trinajstić information content (AvgIpc) is 2.69. The van der Waals surface area contributed by atoms with Crippen LogP contribution in [-0.2, 0) is 0 Å². The molecule has 18 heavy (non-hydrogen) atoms. The molecule has 1 saturated heterocycles. The van der Waals surface area contributed by atoms with Gasteiger partial charge in [0, 0.05) is 36.8 Å². The number of nitro benzene ring substituents is 1. The first-order valence-corrected chi connectivity index (χ1v) is 5.78. The Morgan fingerprint density at radius 3 is 2.44 bits per heavy atom. The highest BCUT2D eigenvalue weighted by Crippen LogP contribution is 2.19. The Morgan fingerprint density at radius 1 is 1.39 bits per heavy atom. The summed E-state index contributed by atoms with van der Waals surface area (Å²) >= 11 is 0. The maximum absolute atomic E-state index is 12.1. The van der Waals surface area contributed by atoms with E-state index in [0.717, 1.165) is 0 Å². The summed E-state index contributed by atoms with van der Waals surface area (Å²) in [6, 6.07) is 5.65. The van der Waals surface area contributed by atoms with Gasteiger partial charge in [0.25, 0.3) is 11.6 Å². The number of rotatable bonds is 2. The van der Waals surface area contributed by atoms with Crippen LogP contribution < -0.4 is 5.73 Å². The molecule has 1 aromatic rings. The number of hydrogen-bond donors (Lipinski definition) is 1. The highest BCUT2D eigenvalue weighted by molar-refractivity contribution is 5.94. The second kappa shape index (κ2) is 4.73. The molecule has 6 nitrogen and oxygen atoms in total. The molecule has 0 radical (unpaired) electrons. The van der Waals surface area contributed by atoms with Crippen molar-refractivity contribution in [2.45, 2.75) is 13.0 Å². The molecule has 0 aliphatic carbocycles. The number of likely N-dealkylation sites (tertiary alicyclic amines) is 1. The minimum Gasteiger partial charge on any atom is -0.337 e. The first-order valence-electron chi connectivity index (χ1n) is 5.78. The van der Waals surface area contributed by atoms with E-state index in [0.29, 0.717) is 18.7 Å². The molecule has 2 atom stereocenters. The van der Waals surface area contributed by atoms with Gasteiger partial charge in [-0.3, -0.25) is 14.9 Å². The van der Waals surface area contributed by atoms with Crippen molar-refractivity contribution in [2.75, 3.05) is 13.1 Å². The molecule has 2 unspecified atom stereocenters. The Kier molecular flexibility index (Phi) is 3.29. The van der Waals surface area contributed by atoms with Gasteiger partial charge >= 0.3 is 0 Å². The smallest absolute Gasteiger partial charge is 0.269 e. The minimum atomic E-state index is -0.484. The molecule has 1 amide bonds. The lowest BCUT2D eigenvalue weighted by molar-refractivity contribution is -0.384. The van der Waals surface area contributed by atoms with Crippen LogP contribution in [0.5, 0.6) is 0 Å². The lowest BCUT2D eigenvalue weighted by atomic mass is 10.1. The quantitative estimate of drug-likeness (QED) is 0.625. The molecular formula is C12H15N3O3. The Labute approximate surface area is 105 Å². The monoisotopic (exact) mass is 249 g/mol. The Bertz CT molecular complexity index is 462. The molecule has 0 aromatic heterocycles. The van der Waals surface area contributed by atoms with E-state index < -0.39 is 4.92 Å². The van der Waals surface area contributed by atoms with Gasteiger partial charge in [0.15, 0.2) is 0 Å². The van der Waals surface area contributed by atoms with Gasteiger partial charge in [-0.15, -0.1) is 0 Å². The predicted molar refractivity (Wildman–Crippen MR) is 66.1 cm³/mol. The Hall–Kier alpha value is -1.95. The fourth-order valence-corrected chi connectivity index (χ4v) is 2.07. The predicted octanol–water partition coefficient (Wildman–Crippen LogP) is 1.01. The van der Waals surface area contributed by atoms with Gasteiger partial charge in [0.2, 0.25) is 0 Å². The number of carbonyl (C=O) groups excluding carboxylic acids is 1. The third kappa shape index (κ3) is 2.33. The van der Waals surface area contributed by atoms with Gasteiger partial charge in [-0.1, -0.05) is 6.92 Å². The maximum Gasteiger partial charge on any atom is 0.269 e. The van der Waals surface area contributed by atoms with Crippen LogP contribution in [0.3, 0.4) is 0 Å². The van der Waals surface area contributed by atoms with Crippen molar-refractivity contribution in [1.82, 2.24) is 4.90 Å². The molecule has 0 bridgehead atoms. The van der Waals surface area contributed by atoms with E-state index in [4.69, 9.17) is 5.73 Å². The minimum absolute atomic E-state index is 0.00648. The average molecular weight is 249 g/mol. The molecule has 1 aliphatic rings. The molecule has 1 heterocycles. The number of nitrogens with two attached hydrogens (primary N) is 1. The van der Waals surface area contributed by atoms with Crippen molar-refractivity contribution in [3.05, 3.63) is 39.9 Å². The van der Waals surface area contributed by atoms with Gasteiger partial charge < -0.3 is 10.6 Å². The van der Waals surface area contributed by atoms with Gasteiger partial charge in [0.1, 0.15) is 0 Å². The molecular weight excluding hydrogens is 234 g/mol. The fourth-order valence-electron chi connectivity index (χ4n) is 2.07. The lowest BCUT2D eigenvalue weighted by Gasteiger charge is -2.15. The highest BCUT2D eigenvalue weighted by Gasteiger charge is 2.30. The molecule has 1 aromatic carbocycles. The van der Waals surface area contributed by atoms with E-state index in [1.54, 1.807) is 4.90 Å². The third-order valence-electron chi connectivity index (χ3n) is 3.28. The Balaban J connectivity index is 2.12. The van der Waals surface area contributed by atoms with Crippen molar-refractivity contribution in [3.8, 4) is 0 Å². The largest absolute Gasteiger partial charge is 0.337 e. The number of amides is 1. The Morgan fingerprint density at radius 2 is 2.00 bits per heavy atom. The summed E-state index contributed by atoms with van der Waals surface area (Å²) in [7, 11) is 0. The maximum atomic E-state index is 12.1. The van der Waals surface area contributed by atoms with Gasteiger partial charge in [-0.25, -0.2) is 0 Å². The molecule has 1 fully saturated rings. The molecule has 96 valence electrons. The summed E-state index contributed by atoms with van der Waals surface area (Å²) in [4.78, 5) is 23.8. The normalized spacial score (nSPS) is 23.1. The second-order valence-electron chi connectivity index (χ2n) is 4.66. The number of nitro groups is 1. The lowest BCUT2D eigenvalue weighted by Crippen LogP contribution is -2.32. The molecule has 1 aliphatic heterocycles. The number of non-ortho nitro benzene ring substituents is 1. The van der Waals surface area contributed by atoms with Crippen LogP contribution in [-0.4, -0.2) is 34.9 Å². The van der Waals surface area contributed by atoms with Crippen molar-refractivity contribution in [3.63, 3.8) is 0 Å².